The molecule has 0 spiro atoms. The van der Waals surface area contributed by atoms with Crippen molar-refractivity contribution in [1.29, 1.82) is 0 Å². The molecule has 2 fully saturated rings. The first-order valence-electron chi connectivity index (χ1n) is 7.30. The molecule has 0 bridgehead atoms. The first kappa shape index (κ1) is 14.8. The lowest BCUT2D eigenvalue weighted by atomic mass is 9.55. The quantitative estimate of drug-likeness (QED) is 0.849. The van der Waals surface area contributed by atoms with Crippen LogP contribution in [-0.4, -0.2) is 42.6 Å². The molecule has 2 rings (SSSR count). The molecular weight excluding hydrogens is 240 g/mol. The van der Waals surface area contributed by atoms with Crippen molar-refractivity contribution in [1.82, 2.24) is 4.90 Å². The molecule has 19 heavy (non-hydrogen) atoms. The fourth-order valence-electron chi connectivity index (χ4n) is 3.76. The summed E-state index contributed by atoms with van der Waals surface area (Å²) >= 11 is 0. The van der Waals surface area contributed by atoms with Crippen LogP contribution in [0.1, 0.15) is 46.5 Å². The van der Waals surface area contributed by atoms with Crippen LogP contribution < -0.4 is 5.73 Å². The van der Waals surface area contributed by atoms with Gasteiger partial charge >= 0.3 is 0 Å². The molecule has 0 radical (unpaired) electrons. The average Bonchev–Trinajstić information content (AvgIpc) is 2.80. The molecule has 0 aliphatic heterocycles. The van der Waals surface area contributed by atoms with E-state index in [9.17, 15) is 4.79 Å². The highest BCUT2D eigenvalue weighted by atomic mass is 16.5. The van der Waals surface area contributed by atoms with Crippen LogP contribution in [0.5, 0.6) is 0 Å². The topological polar surface area (TPSA) is 55.6 Å². The predicted molar refractivity (Wildman–Crippen MR) is 75.7 cm³/mol. The van der Waals surface area contributed by atoms with Crippen LogP contribution in [0.3, 0.4) is 0 Å². The third kappa shape index (κ3) is 2.19. The molecule has 2 aliphatic rings. The van der Waals surface area contributed by atoms with Gasteiger partial charge in [-0.2, -0.15) is 0 Å². The first-order chi connectivity index (χ1) is 8.73. The maximum atomic E-state index is 12.5. The van der Waals surface area contributed by atoms with E-state index in [1.54, 1.807) is 7.11 Å². The molecule has 0 aromatic rings. The standard InChI is InChI=1S/C15H28N2O2/c1-14(2)12(9-15(14,3)19-5)17(4)13(18)10-6-7-11(16)8-10/h10-12H,6-9,16H2,1-5H3. The molecule has 1 amide bonds. The molecule has 110 valence electrons. The minimum atomic E-state index is -0.127. The molecule has 4 atom stereocenters. The molecular formula is C15H28N2O2. The number of methoxy groups -OCH3 is 1. The van der Waals surface area contributed by atoms with E-state index >= 15 is 0 Å². The minimum Gasteiger partial charge on any atom is -0.378 e. The van der Waals surface area contributed by atoms with E-state index < -0.39 is 0 Å². The summed E-state index contributed by atoms with van der Waals surface area (Å²) in [6, 6.07) is 0.475. The molecule has 2 saturated carbocycles. The second-order valence-corrected chi connectivity index (χ2v) is 7.10. The maximum absolute atomic E-state index is 12.5. The third-order valence-corrected chi connectivity index (χ3v) is 5.87. The molecule has 0 saturated heterocycles. The zero-order valence-electron chi connectivity index (χ0n) is 12.9. The van der Waals surface area contributed by atoms with Crippen molar-refractivity contribution < 1.29 is 9.53 Å². The van der Waals surface area contributed by atoms with Gasteiger partial charge in [0, 0.05) is 37.6 Å². The number of nitrogens with zero attached hydrogens (tertiary/aromatic N) is 1. The van der Waals surface area contributed by atoms with Gasteiger partial charge in [-0.25, -0.2) is 0 Å². The summed E-state index contributed by atoms with van der Waals surface area (Å²) in [5.74, 6) is 0.398. The first-order valence-corrected chi connectivity index (χ1v) is 7.30. The maximum Gasteiger partial charge on any atom is 0.225 e. The SMILES string of the molecule is COC1(C)CC(N(C)C(=O)C2CCC(N)C2)C1(C)C. The number of hydrogen-bond acceptors (Lipinski definition) is 3. The van der Waals surface area contributed by atoms with Gasteiger partial charge in [-0.3, -0.25) is 4.79 Å². The lowest BCUT2D eigenvalue weighted by Crippen LogP contribution is -2.69. The Morgan fingerprint density at radius 1 is 1.32 bits per heavy atom. The second-order valence-electron chi connectivity index (χ2n) is 7.10. The summed E-state index contributed by atoms with van der Waals surface area (Å²) < 4.78 is 5.63. The molecule has 0 aromatic heterocycles. The van der Waals surface area contributed by atoms with Gasteiger partial charge in [0.15, 0.2) is 0 Å². The van der Waals surface area contributed by atoms with Crippen LogP contribution in [-0.2, 0) is 9.53 Å². The van der Waals surface area contributed by atoms with Gasteiger partial charge in [0.25, 0.3) is 0 Å². The second kappa shape index (κ2) is 4.74. The van der Waals surface area contributed by atoms with Crippen LogP contribution in [0.15, 0.2) is 0 Å². The Balaban J connectivity index is 2.02. The normalized spacial score (nSPS) is 40.8. The van der Waals surface area contributed by atoms with Gasteiger partial charge in [-0.1, -0.05) is 13.8 Å². The number of rotatable bonds is 3. The van der Waals surface area contributed by atoms with Gasteiger partial charge in [-0.15, -0.1) is 0 Å². The molecule has 0 heterocycles. The summed E-state index contributed by atoms with van der Waals surface area (Å²) in [6.45, 7) is 6.51. The summed E-state index contributed by atoms with van der Waals surface area (Å²) in [7, 11) is 3.70. The number of carbonyl (C=O) groups excluding carboxylic acids is 1. The number of nitrogens with two attached hydrogens (primary N) is 1. The van der Waals surface area contributed by atoms with Gasteiger partial charge in [-0.05, 0) is 32.6 Å². The van der Waals surface area contributed by atoms with Crippen LogP contribution in [0, 0.1) is 11.3 Å². The van der Waals surface area contributed by atoms with E-state index in [1.165, 1.54) is 0 Å². The van der Waals surface area contributed by atoms with E-state index in [4.69, 9.17) is 10.5 Å². The molecule has 4 unspecified atom stereocenters. The van der Waals surface area contributed by atoms with Crippen molar-refractivity contribution >= 4 is 5.91 Å². The Morgan fingerprint density at radius 3 is 2.37 bits per heavy atom. The summed E-state index contributed by atoms with van der Waals surface area (Å²) in [6.07, 6.45) is 3.68. The Bertz CT molecular complexity index is 369. The highest BCUT2D eigenvalue weighted by Crippen LogP contribution is 2.53. The number of hydrogen-bond donors (Lipinski definition) is 1. The van der Waals surface area contributed by atoms with Gasteiger partial charge in [0.2, 0.25) is 5.91 Å². The molecule has 2 N–H and O–H groups in total. The van der Waals surface area contributed by atoms with Crippen molar-refractivity contribution in [3.63, 3.8) is 0 Å². The Kier molecular flexibility index (Phi) is 3.69. The van der Waals surface area contributed by atoms with E-state index in [-0.39, 0.29) is 34.9 Å². The van der Waals surface area contributed by atoms with Crippen LogP contribution in [0.4, 0.5) is 0 Å². The molecule has 2 aliphatic carbocycles. The van der Waals surface area contributed by atoms with Crippen molar-refractivity contribution in [3.8, 4) is 0 Å². The van der Waals surface area contributed by atoms with Crippen molar-refractivity contribution in [3.05, 3.63) is 0 Å². The average molecular weight is 268 g/mol. The summed E-state index contributed by atoms with van der Waals surface area (Å²) in [4.78, 5) is 14.5. The summed E-state index contributed by atoms with van der Waals surface area (Å²) in [5.41, 5.74) is 5.78. The van der Waals surface area contributed by atoms with Crippen LogP contribution in [0.2, 0.25) is 0 Å². The van der Waals surface area contributed by atoms with Crippen LogP contribution >= 0.6 is 0 Å². The largest absolute Gasteiger partial charge is 0.378 e. The highest BCUT2D eigenvalue weighted by Gasteiger charge is 2.60. The Morgan fingerprint density at radius 2 is 1.95 bits per heavy atom. The van der Waals surface area contributed by atoms with Crippen LogP contribution in [0.25, 0.3) is 0 Å². The van der Waals surface area contributed by atoms with Gasteiger partial charge < -0.3 is 15.4 Å². The molecule has 4 nitrogen and oxygen atoms in total. The fraction of sp³-hybridized carbons (Fsp3) is 0.933. The minimum absolute atomic E-state index is 0.00706. The van der Waals surface area contributed by atoms with Crippen molar-refractivity contribution in [2.75, 3.05) is 14.2 Å². The zero-order valence-corrected chi connectivity index (χ0v) is 12.9. The molecule has 4 heteroatoms. The van der Waals surface area contributed by atoms with E-state index in [1.807, 2.05) is 11.9 Å². The van der Waals surface area contributed by atoms with Crippen molar-refractivity contribution in [2.24, 2.45) is 17.1 Å². The monoisotopic (exact) mass is 268 g/mol. The van der Waals surface area contributed by atoms with E-state index in [2.05, 4.69) is 20.8 Å². The van der Waals surface area contributed by atoms with Crippen molar-refractivity contribution in [2.45, 2.75) is 64.1 Å². The number of carbonyl (C=O) groups is 1. The lowest BCUT2D eigenvalue weighted by molar-refractivity contribution is -0.208. The van der Waals surface area contributed by atoms with Gasteiger partial charge in [0.1, 0.15) is 0 Å². The predicted octanol–water partition coefficient (Wildman–Crippen LogP) is 1.78. The Labute approximate surface area is 116 Å². The highest BCUT2D eigenvalue weighted by molar-refractivity contribution is 5.79. The third-order valence-electron chi connectivity index (χ3n) is 5.87. The zero-order chi connectivity index (χ0) is 14.4. The van der Waals surface area contributed by atoms with E-state index in [0.717, 1.165) is 25.7 Å². The van der Waals surface area contributed by atoms with Gasteiger partial charge in [0.05, 0.1) is 5.60 Å². The number of ether oxygens (including phenoxy) is 1. The molecule has 0 aromatic carbocycles. The summed E-state index contributed by atoms with van der Waals surface area (Å²) in [5, 5.41) is 0. The fourth-order valence-corrected chi connectivity index (χ4v) is 3.76. The lowest BCUT2D eigenvalue weighted by Gasteiger charge is -2.61. The number of amides is 1. The Hall–Kier alpha value is -0.610. The smallest absolute Gasteiger partial charge is 0.225 e. The van der Waals surface area contributed by atoms with E-state index in [0.29, 0.717) is 0 Å².